The van der Waals surface area contributed by atoms with Gasteiger partial charge in [-0.1, -0.05) is 30.7 Å². The maximum atomic E-state index is 12.1. The summed E-state index contributed by atoms with van der Waals surface area (Å²) in [5.74, 6) is -0.246. The van der Waals surface area contributed by atoms with Crippen LogP contribution in [0.5, 0.6) is 0 Å². The van der Waals surface area contributed by atoms with Gasteiger partial charge < -0.3 is 5.32 Å². The Hall–Kier alpha value is -2.31. The van der Waals surface area contributed by atoms with Gasteiger partial charge in [0.25, 0.3) is 5.91 Å². The molecule has 0 heterocycles. The van der Waals surface area contributed by atoms with E-state index in [-0.39, 0.29) is 5.91 Å². The number of nitrogens with zero attached hydrogens (tertiary/aromatic N) is 1. The van der Waals surface area contributed by atoms with Crippen molar-refractivity contribution in [3.8, 4) is 6.07 Å². The van der Waals surface area contributed by atoms with Gasteiger partial charge in [0.1, 0.15) is 0 Å². The maximum absolute atomic E-state index is 12.1. The molecule has 2 aromatic carbocycles. The van der Waals surface area contributed by atoms with Crippen LogP contribution >= 0.6 is 11.6 Å². The lowest BCUT2D eigenvalue weighted by Gasteiger charge is -2.08. The zero-order chi connectivity index (χ0) is 14.5. The number of nitrogens with one attached hydrogen (secondary N) is 1. The van der Waals surface area contributed by atoms with E-state index in [1.165, 1.54) is 5.56 Å². The monoisotopic (exact) mass is 284 g/mol. The predicted octanol–water partition coefficient (Wildman–Crippen LogP) is 4.03. The van der Waals surface area contributed by atoms with Gasteiger partial charge in [0.2, 0.25) is 0 Å². The number of benzene rings is 2. The van der Waals surface area contributed by atoms with Gasteiger partial charge in [0.05, 0.1) is 22.3 Å². The lowest BCUT2D eigenvalue weighted by atomic mass is 10.1. The van der Waals surface area contributed by atoms with Crippen LogP contribution in [0.4, 0.5) is 5.69 Å². The van der Waals surface area contributed by atoms with E-state index in [1.54, 1.807) is 30.3 Å². The summed E-state index contributed by atoms with van der Waals surface area (Å²) in [6, 6.07) is 14.2. The molecule has 0 bridgehead atoms. The summed E-state index contributed by atoms with van der Waals surface area (Å²) >= 11 is 6.01. The van der Waals surface area contributed by atoms with Gasteiger partial charge in [0, 0.05) is 5.56 Å². The van der Waals surface area contributed by atoms with Crippen molar-refractivity contribution in [3.63, 3.8) is 0 Å². The Morgan fingerprint density at radius 1 is 1.25 bits per heavy atom. The highest BCUT2D eigenvalue weighted by molar-refractivity contribution is 6.34. The molecule has 0 aromatic heterocycles. The van der Waals surface area contributed by atoms with Gasteiger partial charge in [-0.25, -0.2) is 0 Å². The molecule has 0 radical (unpaired) electrons. The minimum absolute atomic E-state index is 0.246. The van der Waals surface area contributed by atoms with Crippen LogP contribution in [0.25, 0.3) is 0 Å². The third kappa shape index (κ3) is 3.17. The van der Waals surface area contributed by atoms with Crippen LogP contribution in [0, 0.1) is 11.3 Å². The zero-order valence-corrected chi connectivity index (χ0v) is 11.7. The average molecular weight is 285 g/mol. The highest BCUT2D eigenvalue weighted by atomic mass is 35.5. The zero-order valence-electron chi connectivity index (χ0n) is 11.0. The van der Waals surface area contributed by atoms with E-state index in [9.17, 15) is 4.79 Å². The number of amides is 1. The molecule has 0 unspecified atom stereocenters. The minimum atomic E-state index is -0.246. The lowest BCUT2D eigenvalue weighted by molar-refractivity contribution is 0.102. The molecular formula is C16H13ClN2O. The van der Waals surface area contributed by atoms with E-state index in [2.05, 4.69) is 12.2 Å². The Labute approximate surface area is 122 Å². The van der Waals surface area contributed by atoms with Crippen LogP contribution in [0.15, 0.2) is 42.5 Å². The largest absolute Gasteiger partial charge is 0.321 e. The van der Waals surface area contributed by atoms with Gasteiger partial charge in [0.15, 0.2) is 0 Å². The summed E-state index contributed by atoms with van der Waals surface area (Å²) < 4.78 is 0. The quantitative estimate of drug-likeness (QED) is 0.925. The van der Waals surface area contributed by atoms with Crippen LogP contribution in [-0.2, 0) is 6.42 Å². The van der Waals surface area contributed by atoms with Gasteiger partial charge in [-0.05, 0) is 42.3 Å². The first-order valence-corrected chi connectivity index (χ1v) is 6.61. The second-order valence-corrected chi connectivity index (χ2v) is 4.72. The molecule has 1 N–H and O–H groups in total. The number of hydrogen-bond donors (Lipinski definition) is 1. The average Bonchev–Trinajstić information content (AvgIpc) is 2.49. The smallest absolute Gasteiger partial charge is 0.255 e. The number of carbonyl (C=O) groups is 1. The number of carbonyl (C=O) groups excluding carboxylic acids is 1. The van der Waals surface area contributed by atoms with E-state index in [1.807, 2.05) is 18.2 Å². The lowest BCUT2D eigenvalue weighted by Crippen LogP contribution is -2.12. The standard InChI is InChI=1S/C16H13ClN2O/c1-2-11-3-6-13(7-4-11)16(20)19-15-9-12(10-18)5-8-14(15)17/h3-9H,2H2,1H3,(H,19,20). The number of aryl methyl sites for hydroxylation is 1. The van der Waals surface area contributed by atoms with Crippen molar-refractivity contribution in [2.45, 2.75) is 13.3 Å². The molecule has 0 aliphatic carbocycles. The van der Waals surface area contributed by atoms with Crippen molar-refractivity contribution in [2.75, 3.05) is 5.32 Å². The number of halogens is 1. The first-order chi connectivity index (χ1) is 9.63. The molecule has 20 heavy (non-hydrogen) atoms. The van der Waals surface area contributed by atoms with Gasteiger partial charge in [-0.2, -0.15) is 5.26 Å². The summed E-state index contributed by atoms with van der Waals surface area (Å²) in [7, 11) is 0. The molecule has 4 heteroatoms. The Morgan fingerprint density at radius 3 is 2.55 bits per heavy atom. The van der Waals surface area contributed by atoms with Gasteiger partial charge in [-0.15, -0.1) is 0 Å². The van der Waals surface area contributed by atoms with E-state index < -0.39 is 0 Å². The summed E-state index contributed by atoms with van der Waals surface area (Å²) in [6.45, 7) is 2.06. The van der Waals surface area contributed by atoms with Crippen LogP contribution in [0.1, 0.15) is 28.4 Å². The number of anilines is 1. The minimum Gasteiger partial charge on any atom is -0.321 e. The van der Waals surface area contributed by atoms with E-state index >= 15 is 0 Å². The highest BCUT2D eigenvalue weighted by Gasteiger charge is 2.09. The second kappa shape index (κ2) is 6.23. The first-order valence-electron chi connectivity index (χ1n) is 6.24. The van der Waals surface area contributed by atoms with Crippen LogP contribution < -0.4 is 5.32 Å². The van der Waals surface area contributed by atoms with Crippen molar-refractivity contribution in [1.29, 1.82) is 5.26 Å². The third-order valence-electron chi connectivity index (χ3n) is 2.97. The molecular weight excluding hydrogens is 272 g/mol. The fraction of sp³-hybridized carbons (Fsp3) is 0.125. The molecule has 0 spiro atoms. The SMILES string of the molecule is CCc1ccc(C(=O)Nc2cc(C#N)ccc2Cl)cc1. The Morgan fingerprint density at radius 2 is 1.95 bits per heavy atom. The third-order valence-corrected chi connectivity index (χ3v) is 3.30. The van der Waals surface area contributed by atoms with Crippen molar-refractivity contribution in [2.24, 2.45) is 0 Å². The van der Waals surface area contributed by atoms with Gasteiger partial charge in [-0.3, -0.25) is 4.79 Å². The molecule has 3 nitrogen and oxygen atoms in total. The summed E-state index contributed by atoms with van der Waals surface area (Å²) in [4.78, 5) is 12.1. The van der Waals surface area contributed by atoms with E-state index in [0.29, 0.717) is 21.8 Å². The topological polar surface area (TPSA) is 52.9 Å². The van der Waals surface area contributed by atoms with Crippen LogP contribution in [0.3, 0.4) is 0 Å². The Kier molecular flexibility index (Phi) is 4.39. The Bertz CT molecular complexity index is 672. The van der Waals surface area contributed by atoms with Crippen molar-refractivity contribution < 1.29 is 4.79 Å². The van der Waals surface area contributed by atoms with Crippen LogP contribution in [0.2, 0.25) is 5.02 Å². The fourth-order valence-corrected chi connectivity index (χ4v) is 1.94. The molecule has 0 aliphatic rings. The molecule has 0 atom stereocenters. The molecule has 0 saturated heterocycles. The normalized spacial score (nSPS) is 9.85. The molecule has 0 aliphatic heterocycles. The number of nitriles is 1. The molecule has 2 aromatic rings. The molecule has 0 saturated carbocycles. The second-order valence-electron chi connectivity index (χ2n) is 4.31. The number of rotatable bonds is 3. The van der Waals surface area contributed by atoms with Crippen molar-refractivity contribution in [1.82, 2.24) is 0 Å². The van der Waals surface area contributed by atoms with Crippen LogP contribution in [-0.4, -0.2) is 5.91 Å². The Balaban J connectivity index is 2.20. The molecule has 2 rings (SSSR count). The molecule has 100 valence electrons. The highest BCUT2D eigenvalue weighted by Crippen LogP contribution is 2.23. The van der Waals surface area contributed by atoms with Gasteiger partial charge >= 0.3 is 0 Å². The predicted molar refractivity (Wildman–Crippen MR) is 79.9 cm³/mol. The summed E-state index contributed by atoms with van der Waals surface area (Å²) in [5, 5.41) is 12.0. The van der Waals surface area contributed by atoms with Crippen molar-refractivity contribution >= 4 is 23.2 Å². The maximum Gasteiger partial charge on any atom is 0.255 e. The van der Waals surface area contributed by atoms with E-state index in [0.717, 1.165) is 6.42 Å². The first kappa shape index (κ1) is 14.1. The van der Waals surface area contributed by atoms with E-state index in [4.69, 9.17) is 16.9 Å². The van der Waals surface area contributed by atoms with Crippen molar-refractivity contribution in [3.05, 3.63) is 64.2 Å². The molecule has 1 amide bonds. The summed E-state index contributed by atoms with van der Waals surface area (Å²) in [6.07, 6.45) is 0.929. The number of hydrogen-bond acceptors (Lipinski definition) is 2. The summed E-state index contributed by atoms with van der Waals surface area (Å²) in [5.41, 5.74) is 2.62. The molecule has 0 fully saturated rings. The fourth-order valence-electron chi connectivity index (χ4n) is 1.78.